The summed E-state index contributed by atoms with van der Waals surface area (Å²) in [7, 11) is 1.59. The van der Waals surface area contributed by atoms with E-state index in [-0.39, 0.29) is 17.3 Å². The summed E-state index contributed by atoms with van der Waals surface area (Å²) < 4.78 is 0. The second-order valence-electron chi connectivity index (χ2n) is 4.58. The Morgan fingerprint density at radius 3 is 2.60 bits per heavy atom. The molecule has 1 unspecified atom stereocenters. The predicted octanol–water partition coefficient (Wildman–Crippen LogP) is 2.95. The number of hydrogen-bond acceptors (Lipinski definition) is 4. The topological polar surface area (TPSA) is 84.3 Å². The van der Waals surface area contributed by atoms with Gasteiger partial charge in [0.25, 0.3) is 5.91 Å². The number of carbonyl (C=O) groups excluding carboxylic acids is 1. The van der Waals surface area contributed by atoms with E-state index in [2.05, 4.69) is 10.6 Å². The second kappa shape index (κ2) is 7.47. The monoisotopic (exact) mass is 279 g/mol. The SMILES string of the molecule is CCCC(CC)NC(=O)c1cccc(NC)c1[N+](=O)[O-]. The number of nitro groups is 1. The molecule has 1 amide bonds. The minimum Gasteiger partial charge on any atom is -0.383 e. The van der Waals surface area contributed by atoms with Gasteiger partial charge in [-0.1, -0.05) is 26.3 Å². The number of nitrogens with zero attached hydrogens (tertiary/aromatic N) is 1. The second-order valence-corrected chi connectivity index (χ2v) is 4.58. The summed E-state index contributed by atoms with van der Waals surface area (Å²) in [4.78, 5) is 22.9. The van der Waals surface area contributed by atoms with Gasteiger partial charge in [0.05, 0.1) is 4.92 Å². The fraction of sp³-hybridized carbons (Fsp3) is 0.500. The lowest BCUT2D eigenvalue weighted by molar-refractivity contribution is -0.384. The molecule has 1 aromatic rings. The zero-order valence-electron chi connectivity index (χ0n) is 12.1. The summed E-state index contributed by atoms with van der Waals surface area (Å²) in [6.45, 7) is 4.03. The number of hydrogen-bond donors (Lipinski definition) is 2. The molecular formula is C14H21N3O3. The molecule has 0 heterocycles. The molecule has 110 valence electrons. The summed E-state index contributed by atoms with van der Waals surface area (Å²) >= 11 is 0. The van der Waals surface area contributed by atoms with Crippen LogP contribution >= 0.6 is 0 Å². The van der Waals surface area contributed by atoms with E-state index >= 15 is 0 Å². The van der Waals surface area contributed by atoms with Crippen LogP contribution in [0.2, 0.25) is 0 Å². The Bertz CT molecular complexity index is 489. The van der Waals surface area contributed by atoms with Crippen molar-refractivity contribution in [3.8, 4) is 0 Å². The minimum absolute atomic E-state index is 0.0466. The van der Waals surface area contributed by atoms with Crippen molar-refractivity contribution in [2.45, 2.75) is 39.2 Å². The summed E-state index contributed by atoms with van der Waals surface area (Å²) in [6, 6.07) is 4.74. The molecule has 20 heavy (non-hydrogen) atoms. The van der Waals surface area contributed by atoms with Crippen LogP contribution in [0.5, 0.6) is 0 Å². The van der Waals surface area contributed by atoms with Crippen molar-refractivity contribution >= 4 is 17.3 Å². The maximum absolute atomic E-state index is 12.2. The molecule has 6 nitrogen and oxygen atoms in total. The Labute approximate surface area is 118 Å². The average Bonchev–Trinajstić information content (AvgIpc) is 2.45. The standard InChI is InChI=1S/C14H21N3O3/c1-4-7-10(5-2)16-14(18)11-8-6-9-12(15-3)13(11)17(19)20/h6,8-10,15H,4-5,7H2,1-3H3,(H,16,18). The van der Waals surface area contributed by atoms with E-state index in [1.807, 2.05) is 13.8 Å². The quantitative estimate of drug-likeness (QED) is 0.593. The Hall–Kier alpha value is -2.11. The van der Waals surface area contributed by atoms with Gasteiger partial charge in [-0.2, -0.15) is 0 Å². The number of nitro benzene ring substituents is 1. The zero-order valence-corrected chi connectivity index (χ0v) is 12.1. The lowest BCUT2D eigenvalue weighted by Gasteiger charge is -2.16. The van der Waals surface area contributed by atoms with Gasteiger partial charge in [-0.25, -0.2) is 0 Å². The van der Waals surface area contributed by atoms with Crippen LogP contribution in [0.1, 0.15) is 43.5 Å². The van der Waals surface area contributed by atoms with Crippen LogP contribution in [-0.2, 0) is 0 Å². The van der Waals surface area contributed by atoms with Gasteiger partial charge < -0.3 is 10.6 Å². The van der Waals surface area contributed by atoms with E-state index in [1.165, 1.54) is 6.07 Å². The lowest BCUT2D eigenvalue weighted by atomic mass is 10.1. The number of para-hydroxylation sites is 1. The van der Waals surface area contributed by atoms with Crippen molar-refractivity contribution in [1.29, 1.82) is 0 Å². The highest BCUT2D eigenvalue weighted by molar-refractivity contribution is 6.00. The largest absolute Gasteiger partial charge is 0.383 e. The van der Waals surface area contributed by atoms with Crippen LogP contribution in [0.4, 0.5) is 11.4 Å². The third kappa shape index (κ3) is 3.69. The fourth-order valence-corrected chi connectivity index (χ4v) is 2.12. The van der Waals surface area contributed by atoms with Crippen molar-refractivity contribution in [2.75, 3.05) is 12.4 Å². The number of carbonyl (C=O) groups is 1. The number of anilines is 1. The van der Waals surface area contributed by atoms with Crippen molar-refractivity contribution in [3.05, 3.63) is 33.9 Å². The molecule has 0 saturated heterocycles. The maximum atomic E-state index is 12.2. The van der Waals surface area contributed by atoms with E-state index in [9.17, 15) is 14.9 Å². The van der Waals surface area contributed by atoms with Gasteiger partial charge in [-0.3, -0.25) is 14.9 Å². The molecule has 0 spiro atoms. The summed E-state index contributed by atoms with van der Waals surface area (Å²) in [6.07, 6.45) is 2.62. The first-order valence-electron chi connectivity index (χ1n) is 6.81. The van der Waals surface area contributed by atoms with Crippen molar-refractivity contribution in [1.82, 2.24) is 5.32 Å². The number of nitrogens with one attached hydrogen (secondary N) is 2. The molecule has 0 aliphatic rings. The number of benzene rings is 1. The minimum atomic E-state index is -0.526. The van der Waals surface area contributed by atoms with Crippen LogP contribution in [-0.4, -0.2) is 23.9 Å². The Morgan fingerprint density at radius 1 is 1.40 bits per heavy atom. The summed E-state index contributed by atoms with van der Waals surface area (Å²) in [5, 5.41) is 16.8. The van der Waals surface area contributed by atoms with Crippen LogP contribution in [0, 0.1) is 10.1 Å². The first-order chi connectivity index (χ1) is 9.54. The highest BCUT2D eigenvalue weighted by atomic mass is 16.6. The molecule has 0 aliphatic heterocycles. The van der Waals surface area contributed by atoms with Gasteiger partial charge in [0, 0.05) is 13.1 Å². The molecule has 2 N–H and O–H groups in total. The molecule has 1 atom stereocenters. The molecule has 1 rings (SSSR count). The first kappa shape index (κ1) is 15.9. The highest BCUT2D eigenvalue weighted by Gasteiger charge is 2.24. The molecular weight excluding hydrogens is 258 g/mol. The average molecular weight is 279 g/mol. The first-order valence-corrected chi connectivity index (χ1v) is 6.81. The van der Waals surface area contributed by atoms with Crippen LogP contribution in [0.25, 0.3) is 0 Å². The lowest BCUT2D eigenvalue weighted by Crippen LogP contribution is -2.34. The van der Waals surface area contributed by atoms with Gasteiger partial charge in [0.1, 0.15) is 11.3 Å². The van der Waals surface area contributed by atoms with E-state index in [0.717, 1.165) is 19.3 Å². The molecule has 1 aromatic carbocycles. The molecule has 0 aromatic heterocycles. The van der Waals surface area contributed by atoms with Gasteiger partial charge in [0.2, 0.25) is 0 Å². The number of amides is 1. The molecule has 0 bridgehead atoms. The number of rotatable bonds is 7. The maximum Gasteiger partial charge on any atom is 0.305 e. The molecule has 0 aliphatic carbocycles. The van der Waals surface area contributed by atoms with Crippen molar-refractivity contribution in [2.24, 2.45) is 0 Å². The van der Waals surface area contributed by atoms with E-state index < -0.39 is 10.8 Å². The van der Waals surface area contributed by atoms with E-state index in [0.29, 0.717) is 5.69 Å². The normalized spacial score (nSPS) is 11.8. The van der Waals surface area contributed by atoms with Crippen molar-refractivity contribution < 1.29 is 9.72 Å². The Balaban J connectivity index is 3.06. The predicted molar refractivity (Wildman–Crippen MR) is 79.1 cm³/mol. The van der Waals surface area contributed by atoms with Crippen LogP contribution in [0.3, 0.4) is 0 Å². The van der Waals surface area contributed by atoms with Crippen LogP contribution in [0.15, 0.2) is 18.2 Å². The van der Waals surface area contributed by atoms with Gasteiger partial charge in [-0.15, -0.1) is 0 Å². The molecule has 0 fully saturated rings. The third-order valence-electron chi connectivity index (χ3n) is 3.20. The highest BCUT2D eigenvalue weighted by Crippen LogP contribution is 2.28. The fourth-order valence-electron chi connectivity index (χ4n) is 2.12. The molecule has 6 heteroatoms. The van der Waals surface area contributed by atoms with E-state index in [4.69, 9.17) is 0 Å². The van der Waals surface area contributed by atoms with Gasteiger partial charge >= 0.3 is 5.69 Å². The zero-order chi connectivity index (χ0) is 15.1. The van der Waals surface area contributed by atoms with Gasteiger partial charge in [-0.05, 0) is 25.0 Å². The van der Waals surface area contributed by atoms with E-state index in [1.54, 1.807) is 19.2 Å². The smallest absolute Gasteiger partial charge is 0.305 e. The van der Waals surface area contributed by atoms with Gasteiger partial charge in [0.15, 0.2) is 0 Å². The molecule has 0 saturated carbocycles. The summed E-state index contributed by atoms with van der Waals surface area (Å²) in [5.74, 6) is -0.394. The Morgan fingerprint density at radius 2 is 2.10 bits per heavy atom. The molecule has 0 radical (unpaired) electrons. The van der Waals surface area contributed by atoms with Crippen LogP contribution < -0.4 is 10.6 Å². The summed E-state index contributed by atoms with van der Waals surface area (Å²) in [5.41, 5.74) is 0.251. The van der Waals surface area contributed by atoms with Crippen molar-refractivity contribution in [3.63, 3.8) is 0 Å². The Kier molecular flexibility index (Phi) is 5.96. The third-order valence-corrected chi connectivity index (χ3v) is 3.20.